The van der Waals surface area contributed by atoms with Crippen molar-refractivity contribution in [3.63, 3.8) is 0 Å². The van der Waals surface area contributed by atoms with Crippen molar-refractivity contribution in [2.45, 2.75) is 37.3 Å². The summed E-state index contributed by atoms with van der Waals surface area (Å²) in [6.45, 7) is 8.69. The van der Waals surface area contributed by atoms with Gasteiger partial charge in [0.05, 0.1) is 21.8 Å². The molecule has 0 radical (unpaired) electrons. The first-order valence-corrected chi connectivity index (χ1v) is 20.3. The minimum atomic E-state index is -3.90. The standard InChI is InChI=1S/C34H41N5O5SSi/c1-37(2)19-20-44-32-18-12-10-16-29(32)36-34(40)33-35-30(24-38(33)25-43-21-22-46(3,4)5)28-23-39(31-17-11-9-15-27(28)31)45(41,42)26-13-7-6-8-14-26/h6-18,23-24H,19-22,25H2,1-5H3,(H,36,40). The number of nitrogens with one attached hydrogen (secondary N) is 1. The van der Waals surface area contributed by atoms with Gasteiger partial charge < -0.3 is 24.3 Å². The zero-order valence-corrected chi connectivity index (χ0v) is 28.8. The summed E-state index contributed by atoms with van der Waals surface area (Å²) in [6, 6.07) is 23.8. The molecule has 0 fully saturated rings. The Labute approximate surface area is 271 Å². The first-order valence-electron chi connectivity index (χ1n) is 15.2. The SMILES string of the molecule is CN(C)CCOc1ccccc1NC(=O)c1nc(-c2cn(S(=O)(=O)c3ccccc3)c3ccccc23)cn1COCC[Si](C)(C)C. The largest absolute Gasteiger partial charge is 0.490 e. The normalized spacial score (nSPS) is 12.1. The number of fused-ring (bicyclic) bond motifs is 1. The molecule has 5 rings (SSSR count). The van der Waals surface area contributed by atoms with Gasteiger partial charge in [-0.05, 0) is 50.5 Å². The van der Waals surface area contributed by atoms with Gasteiger partial charge in [-0.2, -0.15) is 0 Å². The zero-order chi connectivity index (χ0) is 32.9. The predicted molar refractivity (Wildman–Crippen MR) is 185 cm³/mol. The Morgan fingerprint density at radius 1 is 0.913 bits per heavy atom. The Balaban J connectivity index is 1.52. The molecule has 0 bridgehead atoms. The number of anilines is 1. The molecule has 242 valence electrons. The minimum absolute atomic E-state index is 0.113. The van der Waals surface area contributed by atoms with Crippen molar-refractivity contribution in [3.8, 4) is 17.0 Å². The molecule has 1 N–H and O–H groups in total. The predicted octanol–water partition coefficient (Wildman–Crippen LogP) is 6.25. The topological polar surface area (TPSA) is 108 Å². The van der Waals surface area contributed by atoms with E-state index in [-0.39, 0.29) is 17.5 Å². The summed E-state index contributed by atoms with van der Waals surface area (Å²) in [5.74, 6) is 0.245. The number of nitrogens with zero attached hydrogens (tertiary/aromatic N) is 4. The molecule has 0 saturated heterocycles. The molecule has 0 aliphatic rings. The number of hydrogen-bond acceptors (Lipinski definition) is 7. The number of likely N-dealkylation sites (N-methyl/N-ethyl adjacent to an activating group) is 1. The zero-order valence-electron chi connectivity index (χ0n) is 26.9. The minimum Gasteiger partial charge on any atom is -0.490 e. The number of imidazole rings is 1. The average molecular weight is 660 g/mol. The molecular formula is C34H41N5O5SSi. The van der Waals surface area contributed by atoms with Crippen LogP contribution in [0.3, 0.4) is 0 Å². The molecule has 12 heteroatoms. The van der Waals surface area contributed by atoms with E-state index in [0.29, 0.717) is 46.8 Å². The molecule has 10 nitrogen and oxygen atoms in total. The lowest BCUT2D eigenvalue weighted by Gasteiger charge is -2.16. The maximum absolute atomic E-state index is 13.8. The maximum Gasteiger partial charge on any atom is 0.291 e. The Hall–Kier alpha value is -4.23. The van der Waals surface area contributed by atoms with Gasteiger partial charge in [-0.25, -0.2) is 17.4 Å². The van der Waals surface area contributed by atoms with Gasteiger partial charge in [-0.3, -0.25) is 4.79 Å². The van der Waals surface area contributed by atoms with Crippen LogP contribution in [-0.4, -0.2) is 74.7 Å². The van der Waals surface area contributed by atoms with Crippen LogP contribution in [0, 0.1) is 0 Å². The van der Waals surface area contributed by atoms with E-state index in [1.54, 1.807) is 65.5 Å². The van der Waals surface area contributed by atoms with E-state index in [2.05, 4.69) is 25.0 Å². The number of carbonyl (C=O) groups is 1. The number of carbonyl (C=O) groups excluding carboxylic acids is 1. The number of ether oxygens (including phenoxy) is 2. The van der Waals surface area contributed by atoms with Crippen molar-refractivity contribution in [1.29, 1.82) is 0 Å². The second-order valence-corrected chi connectivity index (χ2v) is 20.0. The van der Waals surface area contributed by atoms with Gasteiger partial charge in [0.15, 0.2) is 0 Å². The van der Waals surface area contributed by atoms with Gasteiger partial charge in [0.2, 0.25) is 5.82 Å². The first kappa shape index (κ1) is 33.1. The van der Waals surface area contributed by atoms with Gasteiger partial charge >= 0.3 is 0 Å². The van der Waals surface area contributed by atoms with Gasteiger partial charge in [0, 0.05) is 44.6 Å². The summed E-state index contributed by atoms with van der Waals surface area (Å²) in [5, 5.41) is 3.65. The van der Waals surface area contributed by atoms with Crippen molar-refractivity contribution in [3.05, 3.63) is 97.1 Å². The van der Waals surface area contributed by atoms with Crippen molar-refractivity contribution in [2.24, 2.45) is 0 Å². The van der Waals surface area contributed by atoms with E-state index >= 15 is 0 Å². The number of benzene rings is 3. The lowest BCUT2D eigenvalue weighted by Crippen LogP contribution is -2.23. The summed E-state index contributed by atoms with van der Waals surface area (Å²) in [4.78, 5) is 20.8. The summed E-state index contributed by atoms with van der Waals surface area (Å²) >= 11 is 0. The number of rotatable bonds is 14. The van der Waals surface area contributed by atoms with Crippen LogP contribution in [0.2, 0.25) is 25.7 Å². The summed E-state index contributed by atoms with van der Waals surface area (Å²) in [7, 11) is -1.30. The Bertz CT molecular complexity index is 1910. The fraction of sp³-hybridized carbons (Fsp3) is 0.294. The van der Waals surface area contributed by atoms with Crippen LogP contribution in [0.1, 0.15) is 10.6 Å². The smallest absolute Gasteiger partial charge is 0.291 e. The van der Waals surface area contributed by atoms with Gasteiger partial charge in [0.25, 0.3) is 15.9 Å². The molecule has 3 aromatic carbocycles. The lowest BCUT2D eigenvalue weighted by molar-refractivity contribution is 0.0808. The van der Waals surface area contributed by atoms with Crippen LogP contribution < -0.4 is 10.1 Å². The monoisotopic (exact) mass is 659 g/mol. The number of para-hydroxylation sites is 3. The third-order valence-electron chi connectivity index (χ3n) is 7.39. The van der Waals surface area contributed by atoms with Crippen LogP contribution in [-0.2, 0) is 21.5 Å². The second kappa shape index (κ2) is 14.0. The van der Waals surface area contributed by atoms with Crippen LogP contribution in [0.25, 0.3) is 22.2 Å². The molecule has 0 saturated carbocycles. The van der Waals surface area contributed by atoms with Crippen molar-refractivity contribution in [1.82, 2.24) is 18.4 Å². The fourth-order valence-electron chi connectivity index (χ4n) is 4.84. The van der Waals surface area contributed by atoms with Crippen LogP contribution in [0.15, 0.2) is 96.2 Å². The first-order chi connectivity index (χ1) is 21.9. The van der Waals surface area contributed by atoms with Crippen molar-refractivity contribution < 1.29 is 22.7 Å². The molecule has 0 spiro atoms. The Kier molecular flexibility index (Phi) is 10.1. The Morgan fingerprint density at radius 3 is 2.35 bits per heavy atom. The number of amides is 1. The molecule has 1 amide bonds. The highest BCUT2D eigenvalue weighted by atomic mass is 32.2. The van der Waals surface area contributed by atoms with Gasteiger partial charge in [0.1, 0.15) is 19.1 Å². The number of hydrogen-bond donors (Lipinski definition) is 1. The highest BCUT2D eigenvalue weighted by molar-refractivity contribution is 7.90. The maximum atomic E-state index is 13.8. The summed E-state index contributed by atoms with van der Waals surface area (Å²) in [5.41, 5.74) is 2.06. The molecule has 2 heterocycles. The molecular weight excluding hydrogens is 619 g/mol. The highest BCUT2D eigenvalue weighted by Gasteiger charge is 2.25. The van der Waals surface area contributed by atoms with Gasteiger partial charge in [-0.1, -0.05) is 68.2 Å². The van der Waals surface area contributed by atoms with E-state index in [1.807, 2.05) is 49.3 Å². The van der Waals surface area contributed by atoms with Crippen molar-refractivity contribution >= 4 is 40.6 Å². The Morgan fingerprint density at radius 2 is 1.61 bits per heavy atom. The van der Waals surface area contributed by atoms with Crippen LogP contribution in [0.5, 0.6) is 5.75 Å². The molecule has 2 aromatic heterocycles. The summed E-state index contributed by atoms with van der Waals surface area (Å²) < 4.78 is 42.4. The number of aromatic nitrogens is 3. The van der Waals surface area contributed by atoms with E-state index in [1.165, 1.54) is 3.97 Å². The van der Waals surface area contributed by atoms with Crippen LogP contribution in [0.4, 0.5) is 5.69 Å². The molecule has 0 aliphatic heterocycles. The molecule has 0 atom stereocenters. The lowest BCUT2D eigenvalue weighted by atomic mass is 10.1. The quantitative estimate of drug-likeness (QED) is 0.111. The fourth-order valence-corrected chi connectivity index (χ4v) is 6.98. The van der Waals surface area contributed by atoms with E-state index in [4.69, 9.17) is 14.5 Å². The molecule has 5 aromatic rings. The molecule has 0 unspecified atom stereocenters. The van der Waals surface area contributed by atoms with Crippen LogP contribution >= 0.6 is 0 Å². The average Bonchev–Trinajstić information content (AvgIpc) is 3.62. The highest BCUT2D eigenvalue weighted by Crippen LogP contribution is 2.33. The molecule has 0 aliphatic carbocycles. The van der Waals surface area contributed by atoms with E-state index in [0.717, 1.165) is 12.6 Å². The van der Waals surface area contributed by atoms with Gasteiger partial charge in [-0.15, -0.1) is 0 Å². The molecule has 46 heavy (non-hydrogen) atoms. The third kappa shape index (κ3) is 7.76. The van der Waals surface area contributed by atoms with Crippen molar-refractivity contribution in [2.75, 3.05) is 39.2 Å². The third-order valence-corrected chi connectivity index (χ3v) is 10.8. The summed E-state index contributed by atoms with van der Waals surface area (Å²) in [6.07, 6.45) is 3.31. The van der Waals surface area contributed by atoms with E-state index in [9.17, 15) is 13.2 Å². The van der Waals surface area contributed by atoms with E-state index < -0.39 is 24.0 Å². The second-order valence-electron chi connectivity index (χ2n) is 12.5.